The summed E-state index contributed by atoms with van der Waals surface area (Å²) in [5.74, 6) is 2.11. The minimum Gasteiger partial charge on any atom is -0.368 e. The number of thioether (sulfide) groups is 1. The van der Waals surface area contributed by atoms with Gasteiger partial charge < -0.3 is 10.6 Å². The van der Waals surface area contributed by atoms with Gasteiger partial charge in [-0.05, 0) is 25.4 Å². The van der Waals surface area contributed by atoms with Crippen molar-refractivity contribution in [3.8, 4) is 0 Å². The molecule has 0 spiro atoms. The maximum Gasteiger partial charge on any atom is 0.223 e. The Bertz CT molecular complexity index is 327. The number of nitrogens with zero attached hydrogens (tertiary/aromatic N) is 3. The van der Waals surface area contributed by atoms with Gasteiger partial charge in [-0.15, -0.1) is 0 Å². The molecule has 2 N–H and O–H groups in total. The van der Waals surface area contributed by atoms with Gasteiger partial charge in [0.2, 0.25) is 5.95 Å². The quantitative estimate of drug-likeness (QED) is 0.824. The smallest absolute Gasteiger partial charge is 0.223 e. The molecule has 0 aliphatic heterocycles. The van der Waals surface area contributed by atoms with Crippen molar-refractivity contribution in [3.05, 3.63) is 11.2 Å². The summed E-state index contributed by atoms with van der Waals surface area (Å²) in [7, 11) is 1.99. The summed E-state index contributed by atoms with van der Waals surface area (Å²) in [5.41, 5.74) is 5.56. The molecule has 4 nitrogen and oxygen atoms in total. The van der Waals surface area contributed by atoms with Crippen molar-refractivity contribution >= 4 is 35.1 Å². The molecule has 1 atom stereocenters. The highest BCUT2D eigenvalue weighted by molar-refractivity contribution is 7.98. The first kappa shape index (κ1) is 13.4. The van der Waals surface area contributed by atoms with Crippen molar-refractivity contribution in [1.29, 1.82) is 0 Å². The van der Waals surface area contributed by atoms with Gasteiger partial charge in [-0.1, -0.05) is 11.6 Å². The number of aromatic nitrogens is 2. The third-order valence-corrected chi connectivity index (χ3v) is 3.30. The van der Waals surface area contributed by atoms with E-state index in [-0.39, 0.29) is 5.95 Å². The molecule has 1 unspecified atom stereocenters. The Hall–Kier alpha value is -0.680. The van der Waals surface area contributed by atoms with E-state index in [1.54, 1.807) is 6.07 Å². The van der Waals surface area contributed by atoms with Gasteiger partial charge in [0.25, 0.3) is 0 Å². The summed E-state index contributed by atoms with van der Waals surface area (Å²) in [6, 6.07) is 2.13. The lowest BCUT2D eigenvalue weighted by Crippen LogP contribution is -2.30. The SMILES string of the molecule is CSCCC(C)N(C)c1cc(Cl)nc(N)n1. The van der Waals surface area contributed by atoms with Crippen molar-refractivity contribution in [2.24, 2.45) is 0 Å². The Morgan fingerprint density at radius 2 is 2.25 bits per heavy atom. The van der Waals surface area contributed by atoms with E-state index in [2.05, 4.69) is 28.0 Å². The van der Waals surface area contributed by atoms with Gasteiger partial charge in [0, 0.05) is 19.2 Å². The molecule has 90 valence electrons. The predicted molar refractivity (Wildman–Crippen MR) is 72.3 cm³/mol. The molecule has 0 radical (unpaired) electrons. The molecule has 1 aromatic heterocycles. The second kappa shape index (κ2) is 6.15. The predicted octanol–water partition coefficient (Wildman–Crippen LogP) is 2.29. The van der Waals surface area contributed by atoms with Crippen LogP contribution in [0.15, 0.2) is 6.07 Å². The molecule has 1 aromatic rings. The number of nitrogens with two attached hydrogens (primary N) is 1. The monoisotopic (exact) mass is 260 g/mol. The second-order valence-corrected chi connectivity index (χ2v) is 5.02. The summed E-state index contributed by atoms with van der Waals surface area (Å²) in [5, 5.41) is 0.381. The van der Waals surface area contributed by atoms with E-state index in [1.807, 2.05) is 18.8 Å². The van der Waals surface area contributed by atoms with Gasteiger partial charge in [0.05, 0.1) is 0 Å². The zero-order valence-corrected chi connectivity index (χ0v) is 11.3. The van der Waals surface area contributed by atoms with E-state index in [9.17, 15) is 0 Å². The maximum atomic E-state index is 5.84. The van der Waals surface area contributed by atoms with Gasteiger partial charge in [-0.2, -0.15) is 16.7 Å². The van der Waals surface area contributed by atoms with Crippen LogP contribution in [-0.2, 0) is 0 Å². The van der Waals surface area contributed by atoms with Crippen LogP contribution in [-0.4, -0.2) is 35.1 Å². The Balaban J connectivity index is 2.74. The van der Waals surface area contributed by atoms with Crippen LogP contribution in [0.2, 0.25) is 5.15 Å². The summed E-state index contributed by atoms with van der Waals surface area (Å²) in [6.45, 7) is 2.16. The number of hydrogen-bond donors (Lipinski definition) is 1. The van der Waals surface area contributed by atoms with E-state index in [0.717, 1.165) is 18.0 Å². The van der Waals surface area contributed by atoms with Crippen LogP contribution < -0.4 is 10.6 Å². The van der Waals surface area contributed by atoms with E-state index in [0.29, 0.717) is 11.2 Å². The number of anilines is 2. The third-order valence-electron chi connectivity index (χ3n) is 2.46. The largest absolute Gasteiger partial charge is 0.368 e. The van der Waals surface area contributed by atoms with Crippen molar-refractivity contribution < 1.29 is 0 Å². The van der Waals surface area contributed by atoms with Gasteiger partial charge >= 0.3 is 0 Å². The van der Waals surface area contributed by atoms with Gasteiger partial charge in [0.1, 0.15) is 11.0 Å². The molecule has 0 amide bonds. The molecule has 0 aromatic carbocycles. The van der Waals surface area contributed by atoms with Gasteiger partial charge in [-0.25, -0.2) is 4.98 Å². The Labute approximate surface area is 106 Å². The highest BCUT2D eigenvalue weighted by Gasteiger charge is 2.12. The summed E-state index contributed by atoms with van der Waals surface area (Å²) >= 11 is 7.68. The van der Waals surface area contributed by atoms with E-state index in [4.69, 9.17) is 17.3 Å². The fourth-order valence-electron chi connectivity index (χ4n) is 1.31. The molecule has 0 fully saturated rings. The molecule has 1 heterocycles. The zero-order valence-electron chi connectivity index (χ0n) is 9.77. The van der Waals surface area contributed by atoms with Crippen molar-refractivity contribution in [1.82, 2.24) is 9.97 Å². The van der Waals surface area contributed by atoms with Gasteiger partial charge in [0.15, 0.2) is 0 Å². The normalized spacial score (nSPS) is 12.5. The summed E-state index contributed by atoms with van der Waals surface area (Å²) < 4.78 is 0. The highest BCUT2D eigenvalue weighted by atomic mass is 35.5. The minimum atomic E-state index is 0.214. The van der Waals surface area contributed by atoms with Crippen molar-refractivity contribution in [2.45, 2.75) is 19.4 Å². The highest BCUT2D eigenvalue weighted by Crippen LogP contribution is 2.19. The van der Waals surface area contributed by atoms with Crippen molar-refractivity contribution in [3.63, 3.8) is 0 Å². The van der Waals surface area contributed by atoms with Crippen LogP contribution in [0.25, 0.3) is 0 Å². The van der Waals surface area contributed by atoms with Crippen LogP contribution in [0, 0.1) is 0 Å². The first-order chi connectivity index (χ1) is 7.54. The average molecular weight is 261 g/mol. The number of nitrogen functional groups attached to an aromatic ring is 1. The number of halogens is 1. The molecule has 6 heteroatoms. The molecule has 0 aliphatic rings. The zero-order chi connectivity index (χ0) is 12.1. The third kappa shape index (κ3) is 3.72. The fraction of sp³-hybridized carbons (Fsp3) is 0.600. The maximum absolute atomic E-state index is 5.84. The topological polar surface area (TPSA) is 55.0 Å². The molecule has 0 saturated heterocycles. The van der Waals surface area contributed by atoms with Crippen molar-refractivity contribution in [2.75, 3.05) is 29.7 Å². The van der Waals surface area contributed by atoms with Gasteiger partial charge in [-0.3, -0.25) is 0 Å². The Morgan fingerprint density at radius 1 is 1.56 bits per heavy atom. The van der Waals surface area contributed by atoms with Crippen LogP contribution in [0.4, 0.5) is 11.8 Å². The lowest BCUT2D eigenvalue weighted by atomic mass is 10.2. The van der Waals surface area contributed by atoms with Crippen LogP contribution in [0.3, 0.4) is 0 Å². The van der Waals surface area contributed by atoms with Crippen LogP contribution >= 0.6 is 23.4 Å². The second-order valence-electron chi connectivity index (χ2n) is 3.65. The number of hydrogen-bond acceptors (Lipinski definition) is 5. The summed E-state index contributed by atoms with van der Waals surface area (Å²) in [4.78, 5) is 10.1. The van der Waals surface area contributed by atoms with E-state index in [1.165, 1.54) is 0 Å². The van der Waals surface area contributed by atoms with E-state index < -0.39 is 0 Å². The molecule has 0 bridgehead atoms. The van der Waals surface area contributed by atoms with Crippen LogP contribution in [0.5, 0.6) is 0 Å². The lowest BCUT2D eigenvalue weighted by Gasteiger charge is -2.25. The van der Waals surface area contributed by atoms with E-state index >= 15 is 0 Å². The first-order valence-corrected chi connectivity index (χ1v) is 6.83. The Morgan fingerprint density at radius 3 is 2.81 bits per heavy atom. The fourth-order valence-corrected chi connectivity index (χ4v) is 2.07. The molecular weight excluding hydrogens is 244 g/mol. The Kier molecular flexibility index (Phi) is 5.15. The average Bonchev–Trinajstić information content (AvgIpc) is 2.23. The summed E-state index contributed by atoms with van der Waals surface area (Å²) in [6.07, 6.45) is 3.20. The lowest BCUT2D eigenvalue weighted by molar-refractivity contribution is 0.662. The minimum absolute atomic E-state index is 0.214. The molecule has 0 saturated carbocycles. The molecule has 16 heavy (non-hydrogen) atoms. The van der Waals surface area contributed by atoms with Crippen LogP contribution in [0.1, 0.15) is 13.3 Å². The molecule has 0 aliphatic carbocycles. The molecular formula is C10H17ClN4S. The first-order valence-electron chi connectivity index (χ1n) is 5.06. The number of rotatable bonds is 5. The standard InChI is InChI=1S/C10H17ClN4S/c1-7(4-5-16-3)15(2)9-6-8(11)13-10(12)14-9/h6-7H,4-5H2,1-3H3,(H2,12,13,14). The molecule has 1 rings (SSSR count).